The average Bonchev–Trinajstić information content (AvgIpc) is 2.77. The molecule has 152 valence electrons. The lowest BCUT2D eigenvalue weighted by Gasteiger charge is -2.34. The van der Waals surface area contributed by atoms with Crippen LogP contribution in [0.1, 0.15) is 43.7 Å². The molecule has 0 aliphatic heterocycles. The molecular formula is C24H27NO4. The number of carbonyl (C=O) groups is 3. The van der Waals surface area contributed by atoms with E-state index in [1.165, 1.54) is 7.11 Å². The molecule has 2 aromatic carbocycles. The molecule has 1 fully saturated rings. The van der Waals surface area contributed by atoms with Crippen LogP contribution in [-0.4, -0.2) is 30.8 Å². The van der Waals surface area contributed by atoms with Crippen LogP contribution in [-0.2, 0) is 24.5 Å². The number of ketones is 1. The van der Waals surface area contributed by atoms with Crippen LogP contribution in [0.15, 0.2) is 60.7 Å². The van der Waals surface area contributed by atoms with E-state index in [0.717, 1.165) is 17.5 Å². The smallest absolute Gasteiger partial charge is 0.328 e. The van der Waals surface area contributed by atoms with Crippen LogP contribution in [0.25, 0.3) is 0 Å². The Hall–Kier alpha value is -2.95. The van der Waals surface area contributed by atoms with Gasteiger partial charge < -0.3 is 10.1 Å². The van der Waals surface area contributed by atoms with E-state index in [2.05, 4.69) is 5.32 Å². The number of ether oxygens (including phenoxy) is 1. The van der Waals surface area contributed by atoms with Gasteiger partial charge in [-0.1, -0.05) is 60.7 Å². The van der Waals surface area contributed by atoms with Crippen molar-refractivity contribution in [3.63, 3.8) is 0 Å². The van der Waals surface area contributed by atoms with Crippen molar-refractivity contribution in [3.05, 3.63) is 71.8 Å². The van der Waals surface area contributed by atoms with Crippen LogP contribution in [0.2, 0.25) is 0 Å². The summed E-state index contributed by atoms with van der Waals surface area (Å²) in [5.74, 6) is -0.924. The van der Waals surface area contributed by atoms with Gasteiger partial charge >= 0.3 is 5.97 Å². The molecule has 1 aliphatic rings. The van der Waals surface area contributed by atoms with Gasteiger partial charge in [-0.3, -0.25) is 9.59 Å². The molecule has 0 bridgehead atoms. The number of methoxy groups -OCH3 is 1. The zero-order valence-corrected chi connectivity index (χ0v) is 16.9. The lowest BCUT2D eigenvalue weighted by molar-refractivity contribution is -0.148. The van der Waals surface area contributed by atoms with E-state index in [-0.39, 0.29) is 24.0 Å². The molecule has 5 heteroatoms. The lowest BCUT2D eigenvalue weighted by atomic mass is 9.74. The van der Waals surface area contributed by atoms with Crippen LogP contribution >= 0.6 is 0 Å². The molecule has 1 amide bonds. The Bertz CT molecular complexity index is 823. The molecule has 0 radical (unpaired) electrons. The molecule has 1 N–H and O–H groups in total. The molecule has 0 unspecified atom stereocenters. The SMILES string of the molecule is COC(=O)[C@@H](NC(=O)C(C)(c1ccccc1)c1ccccc1)[C@@H]1CCCC(=O)C1. The zero-order valence-electron chi connectivity index (χ0n) is 16.9. The largest absolute Gasteiger partial charge is 0.467 e. The van der Waals surface area contributed by atoms with Crippen molar-refractivity contribution in [2.24, 2.45) is 5.92 Å². The molecule has 2 atom stereocenters. The molecule has 29 heavy (non-hydrogen) atoms. The Morgan fingerprint density at radius 3 is 2.07 bits per heavy atom. The third-order valence-corrected chi connectivity index (χ3v) is 5.89. The second-order valence-corrected chi connectivity index (χ2v) is 7.73. The summed E-state index contributed by atoms with van der Waals surface area (Å²) in [5, 5.41) is 2.93. The van der Waals surface area contributed by atoms with Crippen molar-refractivity contribution in [1.29, 1.82) is 0 Å². The first-order chi connectivity index (χ1) is 14.0. The highest BCUT2D eigenvalue weighted by molar-refractivity contribution is 5.95. The van der Waals surface area contributed by atoms with Crippen LogP contribution in [0.4, 0.5) is 0 Å². The molecule has 0 aromatic heterocycles. The van der Waals surface area contributed by atoms with Crippen molar-refractivity contribution in [2.75, 3.05) is 7.11 Å². The summed E-state index contributed by atoms with van der Waals surface area (Å²) < 4.78 is 4.96. The van der Waals surface area contributed by atoms with E-state index < -0.39 is 17.4 Å². The molecule has 0 heterocycles. The van der Waals surface area contributed by atoms with Gasteiger partial charge in [0.1, 0.15) is 11.8 Å². The van der Waals surface area contributed by atoms with Crippen molar-refractivity contribution in [3.8, 4) is 0 Å². The second kappa shape index (κ2) is 9.03. The normalized spacial score (nSPS) is 18.0. The summed E-state index contributed by atoms with van der Waals surface area (Å²) in [4.78, 5) is 38.1. The van der Waals surface area contributed by atoms with Gasteiger partial charge in [0.15, 0.2) is 0 Å². The highest BCUT2D eigenvalue weighted by Crippen LogP contribution is 2.33. The van der Waals surface area contributed by atoms with E-state index in [4.69, 9.17) is 4.74 Å². The number of amides is 1. The Balaban J connectivity index is 1.96. The van der Waals surface area contributed by atoms with Gasteiger partial charge in [-0.05, 0) is 36.8 Å². The summed E-state index contributed by atoms with van der Waals surface area (Å²) in [6.45, 7) is 1.85. The van der Waals surface area contributed by atoms with Gasteiger partial charge in [0, 0.05) is 12.8 Å². The summed E-state index contributed by atoms with van der Waals surface area (Å²) in [6.07, 6.45) is 2.25. The van der Waals surface area contributed by atoms with Gasteiger partial charge in [0.25, 0.3) is 0 Å². The summed E-state index contributed by atoms with van der Waals surface area (Å²) in [7, 11) is 1.31. The molecule has 3 rings (SSSR count). The number of esters is 1. The Morgan fingerprint density at radius 1 is 1.03 bits per heavy atom. The Kier molecular flexibility index (Phi) is 6.47. The highest BCUT2D eigenvalue weighted by atomic mass is 16.5. The third-order valence-electron chi connectivity index (χ3n) is 5.89. The number of rotatable bonds is 6. The quantitative estimate of drug-likeness (QED) is 0.764. The first-order valence-electron chi connectivity index (χ1n) is 9.98. The zero-order chi connectivity index (χ0) is 20.9. The van der Waals surface area contributed by atoms with Crippen LogP contribution in [0.5, 0.6) is 0 Å². The van der Waals surface area contributed by atoms with E-state index >= 15 is 0 Å². The van der Waals surface area contributed by atoms with E-state index in [1.54, 1.807) is 0 Å². The number of carbonyl (C=O) groups excluding carboxylic acids is 3. The number of hydrogen-bond donors (Lipinski definition) is 1. The lowest BCUT2D eigenvalue weighted by Crippen LogP contribution is -2.53. The summed E-state index contributed by atoms with van der Waals surface area (Å²) in [6, 6.07) is 18.1. The predicted octanol–water partition coefficient (Wildman–Crippen LogP) is 3.41. The first-order valence-corrected chi connectivity index (χ1v) is 9.98. The highest BCUT2D eigenvalue weighted by Gasteiger charge is 2.41. The van der Waals surface area contributed by atoms with Crippen molar-refractivity contribution in [2.45, 2.75) is 44.1 Å². The van der Waals surface area contributed by atoms with E-state index in [0.29, 0.717) is 12.8 Å². The maximum Gasteiger partial charge on any atom is 0.328 e. The molecule has 1 saturated carbocycles. The van der Waals surface area contributed by atoms with Crippen molar-refractivity contribution >= 4 is 17.7 Å². The molecule has 1 aliphatic carbocycles. The topological polar surface area (TPSA) is 72.5 Å². The molecule has 0 saturated heterocycles. The number of Topliss-reactive ketones (excluding diaryl/α,β-unsaturated/α-hetero) is 1. The number of nitrogens with one attached hydrogen (secondary N) is 1. The fourth-order valence-corrected chi connectivity index (χ4v) is 4.10. The second-order valence-electron chi connectivity index (χ2n) is 7.73. The van der Waals surface area contributed by atoms with Crippen molar-refractivity contribution < 1.29 is 19.1 Å². The van der Waals surface area contributed by atoms with Gasteiger partial charge in [-0.25, -0.2) is 4.79 Å². The molecular weight excluding hydrogens is 366 g/mol. The molecule has 5 nitrogen and oxygen atoms in total. The summed E-state index contributed by atoms with van der Waals surface area (Å²) >= 11 is 0. The maximum atomic E-state index is 13.6. The van der Waals surface area contributed by atoms with Gasteiger partial charge in [-0.2, -0.15) is 0 Å². The van der Waals surface area contributed by atoms with Gasteiger partial charge in [0.05, 0.1) is 12.5 Å². The van der Waals surface area contributed by atoms with Gasteiger partial charge in [-0.15, -0.1) is 0 Å². The predicted molar refractivity (Wildman–Crippen MR) is 110 cm³/mol. The fraction of sp³-hybridized carbons (Fsp3) is 0.375. The fourth-order valence-electron chi connectivity index (χ4n) is 4.10. The van der Waals surface area contributed by atoms with Crippen molar-refractivity contribution in [1.82, 2.24) is 5.32 Å². The Morgan fingerprint density at radius 2 is 1.59 bits per heavy atom. The summed E-state index contributed by atoms with van der Waals surface area (Å²) in [5.41, 5.74) is 0.659. The average molecular weight is 393 g/mol. The number of hydrogen-bond acceptors (Lipinski definition) is 4. The molecule has 0 spiro atoms. The number of benzene rings is 2. The van der Waals surface area contributed by atoms with Gasteiger partial charge in [0.2, 0.25) is 5.91 Å². The van der Waals surface area contributed by atoms with E-state index in [1.807, 2.05) is 67.6 Å². The maximum absolute atomic E-state index is 13.6. The first kappa shape index (κ1) is 20.8. The minimum atomic E-state index is -0.993. The van der Waals surface area contributed by atoms with Crippen LogP contribution in [0, 0.1) is 5.92 Å². The third kappa shape index (κ3) is 4.39. The standard InChI is InChI=1S/C24H27NO4/c1-24(18-11-5-3-6-12-18,19-13-7-4-8-14-19)23(28)25-21(22(27)29-2)17-10-9-15-20(26)16-17/h3-8,11-14,17,21H,9-10,15-16H2,1-2H3,(H,25,28)/t17-,21+/m1/s1. The minimum Gasteiger partial charge on any atom is -0.467 e. The monoisotopic (exact) mass is 393 g/mol. The molecule has 2 aromatic rings. The van der Waals surface area contributed by atoms with Crippen LogP contribution < -0.4 is 5.32 Å². The van der Waals surface area contributed by atoms with E-state index in [9.17, 15) is 14.4 Å². The minimum absolute atomic E-state index is 0.123. The Labute approximate surface area is 171 Å². The van der Waals surface area contributed by atoms with Crippen LogP contribution in [0.3, 0.4) is 0 Å².